The number of furan rings is 1. The Morgan fingerprint density at radius 3 is 2.46 bits per heavy atom. The second kappa shape index (κ2) is 6.61. The molecule has 4 nitrogen and oxygen atoms in total. The fourth-order valence-electron chi connectivity index (χ4n) is 2.72. The number of aromatic nitrogens is 1. The van der Waals surface area contributed by atoms with Crippen molar-refractivity contribution in [1.29, 1.82) is 0 Å². The zero-order valence-corrected chi connectivity index (χ0v) is 15.1. The van der Waals surface area contributed by atoms with Gasteiger partial charge in [-0.25, -0.2) is 4.98 Å². The third-order valence-corrected chi connectivity index (χ3v) is 5.08. The van der Waals surface area contributed by atoms with Crippen molar-refractivity contribution in [2.24, 2.45) is 0 Å². The van der Waals surface area contributed by atoms with E-state index in [4.69, 9.17) is 4.42 Å². The minimum Gasteiger partial charge on any atom is -0.464 e. The summed E-state index contributed by atoms with van der Waals surface area (Å²) in [5.74, 6) is 0.780. The van der Waals surface area contributed by atoms with Crippen molar-refractivity contribution in [2.75, 3.05) is 7.05 Å². The van der Waals surface area contributed by atoms with Gasteiger partial charge < -0.3 is 9.32 Å². The second-order valence-corrected chi connectivity index (χ2v) is 7.23. The summed E-state index contributed by atoms with van der Waals surface area (Å²) in [6.45, 7) is 6.05. The Hall–Kier alpha value is -2.40. The molecule has 24 heavy (non-hydrogen) atoms. The molecule has 0 spiro atoms. The third kappa shape index (κ3) is 3.12. The van der Waals surface area contributed by atoms with Gasteiger partial charge in [0.2, 0.25) is 0 Å². The van der Waals surface area contributed by atoms with Gasteiger partial charge in [0, 0.05) is 23.1 Å². The van der Waals surface area contributed by atoms with Crippen LogP contribution in [0.1, 0.15) is 38.9 Å². The second-order valence-electron chi connectivity index (χ2n) is 5.82. The van der Waals surface area contributed by atoms with E-state index in [9.17, 15) is 4.79 Å². The summed E-state index contributed by atoms with van der Waals surface area (Å²) < 4.78 is 5.38. The summed E-state index contributed by atoms with van der Waals surface area (Å²) >= 11 is 1.66. The van der Waals surface area contributed by atoms with Crippen LogP contribution in [0.5, 0.6) is 0 Å². The van der Waals surface area contributed by atoms with Crippen LogP contribution in [0.15, 0.2) is 47.1 Å². The van der Waals surface area contributed by atoms with E-state index in [1.165, 1.54) is 0 Å². The van der Waals surface area contributed by atoms with Crippen LogP contribution in [0.2, 0.25) is 0 Å². The highest BCUT2D eigenvalue weighted by Gasteiger charge is 2.22. The number of hydrogen-bond donors (Lipinski definition) is 0. The first-order chi connectivity index (χ1) is 11.5. The predicted molar refractivity (Wildman–Crippen MR) is 96.2 cm³/mol. The van der Waals surface area contributed by atoms with Gasteiger partial charge >= 0.3 is 0 Å². The molecule has 0 radical (unpaired) electrons. The number of carbonyl (C=O) groups is 1. The van der Waals surface area contributed by atoms with Crippen LogP contribution >= 0.6 is 11.3 Å². The highest BCUT2D eigenvalue weighted by Crippen LogP contribution is 2.27. The molecule has 2 heterocycles. The molecule has 1 atom stereocenters. The fourth-order valence-corrected chi connectivity index (χ4v) is 3.62. The van der Waals surface area contributed by atoms with E-state index in [-0.39, 0.29) is 11.9 Å². The lowest BCUT2D eigenvalue weighted by molar-refractivity contribution is 0.0740. The van der Waals surface area contributed by atoms with E-state index >= 15 is 0 Å². The fraction of sp³-hybridized carbons (Fsp3) is 0.263. The molecule has 3 rings (SSSR count). The van der Waals surface area contributed by atoms with Crippen molar-refractivity contribution in [3.05, 3.63) is 63.8 Å². The number of hydrogen-bond acceptors (Lipinski definition) is 4. The number of carbonyl (C=O) groups excluding carboxylic acids is 1. The van der Waals surface area contributed by atoms with E-state index in [0.717, 1.165) is 26.9 Å². The van der Waals surface area contributed by atoms with Crippen molar-refractivity contribution in [1.82, 2.24) is 9.88 Å². The highest BCUT2D eigenvalue weighted by molar-refractivity contribution is 7.11. The smallest absolute Gasteiger partial charge is 0.254 e. The van der Waals surface area contributed by atoms with E-state index in [2.05, 4.69) is 4.98 Å². The van der Waals surface area contributed by atoms with Gasteiger partial charge in [-0.15, -0.1) is 11.3 Å². The van der Waals surface area contributed by atoms with Gasteiger partial charge in [0.15, 0.2) is 0 Å². The Kier molecular flexibility index (Phi) is 4.53. The molecule has 124 valence electrons. The first-order valence-electron chi connectivity index (χ1n) is 7.82. The van der Waals surface area contributed by atoms with Crippen molar-refractivity contribution in [2.45, 2.75) is 26.8 Å². The lowest BCUT2D eigenvalue weighted by atomic mass is 10.1. The lowest BCUT2D eigenvalue weighted by Crippen LogP contribution is -2.30. The number of thiazole rings is 1. The van der Waals surface area contributed by atoms with E-state index in [0.29, 0.717) is 5.56 Å². The van der Waals surface area contributed by atoms with Crippen LogP contribution in [0.3, 0.4) is 0 Å². The van der Waals surface area contributed by atoms with Crippen molar-refractivity contribution >= 4 is 17.2 Å². The van der Waals surface area contributed by atoms with Gasteiger partial charge in [0.05, 0.1) is 23.0 Å². The molecule has 2 aromatic heterocycles. The molecule has 1 amide bonds. The molecular formula is C19H20N2O2S. The maximum absolute atomic E-state index is 12.8. The molecule has 0 N–H and O–H groups in total. The molecule has 0 unspecified atom stereocenters. The Labute approximate surface area is 145 Å². The lowest BCUT2D eigenvalue weighted by Gasteiger charge is -2.24. The van der Waals surface area contributed by atoms with Gasteiger partial charge in [-0.2, -0.15) is 0 Å². The molecule has 3 aromatic rings. The number of rotatable bonds is 4. The molecule has 0 aliphatic carbocycles. The summed E-state index contributed by atoms with van der Waals surface area (Å²) in [5, 5.41) is 1.03. The monoisotopic (exact) mass is 340 g/mol. The van der Waals surface area contributed by atoms with Crippen LogP contribution in [0.4, 0.5) is 0 Å². The van der Waals surface area contributed by atoms with Crippen molar-refractivity contribution < 1.29 is 9.21 Å². The third-order valence-electron chi connectivity index (χ3n) is 4.17. The van der Waals surface area contributed by atoms with Gasteiger partial charge in [-0.3, -0.25) is 4.79 Å². The highest BCUT2D eigenvalue weighted by atomic mass is 32.1. The summed E-state index contributed by atoms with van der Waals surface area (Å²) in [6, 6.07) is 11.2. The van der Waals surface area contributed by atoms with Crippen LogP contribution in [-0.4, -0.2) is 22.8 Å². The molecule has 0 fully saturated rings. The van der Waals surface area contributed by atoms with Gasteiger partial charge in [0.25, 0.3) is 5.91 Å². The van der Waals surface area contributed by atoms with Crippen molar-refractivity contribution in [3.8, 4) is 11.3 Å². The molecule has 1 aromatic carbocycles. The zero-order chi connectivity index (χ0) is 17.3. The van der Waals surface area contributed by atoms with Crippen LogP contribution in [-0.2, 0) is 0 Å². The van der Waals surface area contributed by atoms with Crippen molar-refractivity contribution in [3.63, 3.8) is 0 Å². The molecule has 0 saturated carbocycles. The summed E-state index contributed by atoms with van der Waals surface area (Å²) in [5.41, 5.74) is 2.59. The topological polar surface area (TPSA) is 46.3 Å². The van der Waals surface area contributed by atoms with E-state index < -0.39 is 0 Å². The summed E-state index contributed by atoms with van der Waals surface area (Å²) in [4.78, 5) is 20.2. The normalized spacial score (nSPS) is 12.2. The molecule has 0 bridgehead atoms. The largest absolute Gasteiger partial charge is 0.464 e. The molecular weight excluding hydrogens is 320 g/mol. The number of aryl methyl sites for hydroxylation is 2. The average Bonchev–Trinajstić information content (AvgIpc) is 3.22. The Morgan fingerprint density at radius 2 is 1.92 bits per heavy atom. The molecule has 0 aliphatic heterocycles. The maximum atomic E-state index is 12.8. The predicted octanol–water partition coefficient (Wildman–Crippen LogP) is 4.85. The van der Waals surface area contributed by atoms with Crippen LogP contribution in [0, 0.1) is 13.8 Å². The minimum atomic E-state index is -0.0628. The standard InChI is InChI=1S/C19H20N2O2S/c1-12(18-13(2)24-14(3)20-18)21(4)19(22)16-9-7-15(8-10-16)17-6-5-11-23-17/h5-12H,1-4H3/t12-/m0/s1. The number of benzene rings is 1. The SMILES string of the molecule is Cc1nc([C@H](C)N(C)C(=O)c2ccc(-c3ccco3)cc2)c(C)s1. The van der Waals surface area contributed by atoms with Crippen LogP contribution < -0.4 is 0 Å². The average molecular weight is 340 g/mol. The minimum absolute atomic E-state index is 0.0152. The molecule has 5 heteroatoms. The first kappa shape index (κ1) is 16.5. The van der Waals surface area contributed by atoms with Gasteiger partial charge in [0.1, 0.15) is 5.76 Å². The van der Waals surface area contributed by atoms with Gasteiger partial charge in [-0.05, 0) is 45.0 Å². The van der Waals surface area contributed by atoms with Gasteiger partial charge in [-0.1, -0.05) is 12.1 Å². The Morgan fingerprint density at radius 1 is 1.21 bits per heavy atom. The summed E-state index contributed by atoms with van der Waals surface area (Å²) in [6.07, 6.45) is 1.64. The maximum Gasteiger partial charge on any atom is 0.254 e. The summed E-state index contributed by atoms with van der Waals surface area (Å²) in [7, 11) is 1.82. The first-order valence-corrected chi connectivity index (χ1v) is 8.64. The van der Waals surface area contributed by atoms with E-state index in [1.807, 2.05) is 64.2 Å². The Bertz CT molecular complexity index is 835. The zero-order valence-electron chi connectivity index (χ0n) is 14.2. The Balaban J connectivity index is 1.79. The molecule has 0 aliphatic rings. The number of amides is 1. The number of nitrogens with zero attached hydrogens (tertiary/aromatic N) is 2. The quantitative estimate of drug-likeness (QED) is 0.682. The van der Waals surface area contributed by atoms with E-state index in [1.54, 1.807) is 22.5 Å². The van der Waals surface area contributed by atoms with Crippen LogP contribution in [0.25, 0.3) is 11.3 Å². The molecule has 0 saturated heterocycles.